The number of methoxy groups -OCH3 is 2. The molecule has 2 aromatic carbocycles. The molecule has 0 aliphatic carbocycles. The normalized spacial score (nSPS) is 11.7. The molecule has 0 aliphatic heterocycles. The monoisotopic (exact) mass is 428 g/mol. The molecule has 0 fully saturated rings. The minimum Gasteiger partial charge on any atom is -0.497 e. The molecule has 158 valence electrons. The second kappa shape index (κ2) is 10.2. The van der Waals surface area contributed by atoms with E-state index < -0.39 is 6.10 Å². The van der Waals surface area contributed by atoms with E-state index in [1.165, 1.54) is 25.8 Å². The van der Waals surface area contributed by atoms with Gasteiger partial charge < -0.3 is 19.3 Å². The molecular formula is C22H24N2O5S. The van der Waals surface area contributed by atoms with Gasteiger partial charge in [0.2, 0.25) is 0 Å². The Bertz CT molecular complexity index is 1000. The van der Waals surface area contributed by atoms with Gasteiger partial charge >= 0.3 is 0 Å². The van der Waals surface area contributed by atoms with Crippen molar-refractivity contribution in [2.75, 3.05) is 26.6 Å². The first kappa shape index (κ1) is 21.7. The number of thioether (sulfide) groups is 1. The van der Waals surface area contributed by atoms with Gasteiger partial charge in [0.25, 0.3) is 0 Å². The highest BCUT2D eigenvalue weighted by atomic mass is 32.2. The van der Waals surface area contributed by atoms with E-state index in [0.29, 0.717) is 22.8 Å². The molecule has 0 bridgehead atoms. The van der Waals surface area contributed by atoms with Gasteiger partial charge in [-0.2, -0.15) is 0 Å². The summed E-state index contributed by atoms with van der Waals surface area (Å²) in [5.41, 5.74) is 1.47. The molecule has 7 nitrogen and oxygen atoms in total. The highest BCUT2D eigenvalue weighted by molar-refractivity contribution is 7.99. The molecule has 0 saturated carbocycles. The van der Waals surface area contributed by atoms with Crippen molar-refractivity contribution < 1.29 is 24.1 Å². The molecule has 0 radical (unpaired) electrons. The van der Waals surface area contributed by atoms with Gasteiger partial charge in [-0.05, 0) is 37.3 Å². The molecule has 3 aromatic rings. The van der Waals surface area contributed by atoms with E-state index in [0.717, 1.165) is 16.6 Å². The summed E-state index contributed by atoms with van der Waals surface area (Å²) in [7, 11) is 3.14. The number of carbonyl (C=O) groups is 1. The van der Waals surface area contributed by atoms with Crippen molar-refractivity contribution in [1.29, 1.82) is 0 Å². The van der Waals surface area contributed by atoms with E-state index in [9.17, 15) is 9.90 Å². The van der Waals surface area contributed by atoms with Gasteiger partial charge in [0.05, 0.1) is 26.0 Å². The van der Waals surface area contributed by atoms with Crippen LogP contribution in [0.2, 0.25) is 0 Å². The lowest BCUT2D eigenvalue weighted by Crippen LogP contribution is -2.20. The Morgan fingerprint density at radius 1 is 1.17 bits per heavy atom. The van der Waals surface area contributed by atoms with E-state index in [-0.39, 0.29) is 12.4 Å². The number of carbonyl (C=O) groups excluding carboxylic acids is 1. The molecule has 1 unspecified atom stereocenters. The predicted molar refractivity (Wildman–Crippen MR) is 115 cm³/mol. The fourth-order valence-corrected chi connectivity index (χ4v) is 3.64. The average Bonchev–Trinajstić information content (AvgIpc) is 3.24. The van der Waals surface area contributed by atoms with Crippen LogP contribution < -0.4 is 14.2 Å². The Labute approximate surface area is 179 Å². The van der Waals surface area contributed by atoms with Crippen molar-refractivity contribution in [3.05, 3.63) is 60.4 Å². The summed E-state index contributed by atoms with van der Waals surface area (Å²) in [5.74, 6) is 2.04. The first-order valence-electron chi connectivity index (χ1n) is 9.32. The highest BCUT2D eigenvalue weighted by Crippen LogP contribution is 2.29. The average molecular weight is 429 g/mol. The first-order chi connectivity index (χ1) is 14.5. The van der Waals surface area contributed by atoms with Crippen LogP contribution >= 0.6 is 11.8 Å². The van der Waals surface area contributed by atoms with Gasteiger partial charge in [-0.15, -0.1) is 0 Å². The molecule has 30 heavy (non-hydrogen) atoms. The van der Waals surface area contributed by atoms with Gasteiger partial charge in [-0.25, -0.2) is 4.98 Å². The fourth-order valence-electron chi connectivity index (χ4n) is 2.76. The lowest BCUT2D eigenvalue weighted by atomic mass is 10.1. The van der Waals surface area contributed by atoms with Crippen LogP contribution in [-0.2, 0) is 0 Å². The second-order valence-electron chi connectivity index (χ2n) is 6.48. The van der Waals surface area contributed by atoms with Crippen LogP contribution in [0.1, 0.15) is 17.3 Å². The highest BCUT2D eigenvalue weighted by Gasteiger charge is 2.14. The summed E-state index contributed by atoms with van der Waals surface area (Å²) >= 11 is 1.43. The molecule has 1 atom stereocenters. The first-order valence-corrected chi connectivity index (χ1v) is 10.3. The van der Waals surface area contributed by atoms with Crippen LogP contribution in [0.5, 0.6) is 17.2 Å². The Kier molecular flexibility index (Phi) is 7.37. The smallest absolute Gasteiger partial charge is 0.172 e. The minimum absolute atomic E-state index is 0.0529. The van der Waals surface area contributed by atoms with Crippen molar-refractivity contribution in [2.45, 2.75) is 18.2 Å². The summed E-state index contributed by atoms with van der Waals surface area (Å²) in [6.45, 7) is 1.58. The van der Waals surface area contributed by atoms with Crippen LogP contribution in [-0.4, -0.2) is 53.1 Å². The molecule has 0 saturated heterocycles. The van der Waals surface area contributed by atoms with Crippen molar-refractivity contribution in [1.82, 2.24) is 9.55 Å². The number of imidazole rings is 1. The van der Waals surface area contributed by atoms with E-state index >= 15 is 0 Å². The third-order valence-corrected chi connectivity index (χ3v) is 5.46. The Hall–Kier alpha value is -2.97. The molecule has 1 N–H and O–H groups in total. The Morgan fingerprint density at radius 3 is 2.73 bits per heavy atom. The van der Waals surface area contributed by atoms with Gasteiger partial charge in [-0.1, -0.05) is 17.8 Å². The van der Waals surface area contributed by atoms with Crippen molar-refractivity contribution in [3.63, 3.8) is 0 Å². The van der Waals surface area contributed by atoms with Crippen LogP contribution in [0.25, 0.3) is 5.69 Å². The van der Waals surface area contributed by atoms with Gasteiger partial charge in [-0.3, -0.25) is 9.36 Å². The Morgan fingerprint density at radius 2 is 2.00 bits per heavy atom. The number of hydrogen-bond acceptors (Lipinski definition) is 7. The SMILES string of the molecule is COc1cccc(-n2ccnc2SCC(O)COc2ccc(C(C)=O)cc2OC)c1. The second-order valence-corrected chi connectivity index (χ2v) is 7.47. The number of hydrogen-bond donors (Lipinski definition) is 1. The zero-order valence-corrected chi connectivity index (χ0v) is 17.9. The van der Waals surface area contributed by atoms with Crippen molar-refractivity contribution >= 4 is 17.5 Å². The number of aromatic nitrogens is 2. The largest absolute Gasteiger partial charge is 0.497 e. The number of aliphatic hydroxyl groups is 1. The molecule has 1 aromatic heterocycles. The van der Waals surface area contributed by atoms with Gasteiger partial charge in [0.1, 0.15) is 12.4 Å². The number of ketones is 1. The maximum Gasteiger partial charge on any atom is 0.172 e. The van der Waals surface area contributed by atoms with E-state index in [4.69, 9.17) is 14.2 Å². The summed E-state index contributed by atoms with van der Waals surface area (Å²) in [4.78, 5) is 15.9. The topological polar surface area (TPSA) is 82.8 Å². The number of nitrogens with zero attached hydrogens (tertiary/aromatic N) is 2. The standard InChI is InChI=1S/C22H24N2O5S/c1-15(25)16-7-8-20(21(11-16)28-3)29-13-18(26)14-30-22-23-9-10-24(22)17-5-4-6-19(12-17)27-2/h4-12,18,26H,13-14H2,1-3H3. The quantitative estimate of drug-likeness (QED) is 0.390. The minimum atomic E-state index is -0.720. The lowest BCUT2D eigenvalue weighted by molar-refractivity contribution is 0.101. The van der Waals surface area contributed by atoms with E-state index in [2.05, 4.69) is 4.98 Å². The molecule has 0 spiro atoms. The third-order valence-electron chi connectivity index (χ3n) is 4.34. The fraction of sp³-hybridized carbons (Fsp3) is 0.273. The van der Waals surface area contributed by atoms with E-state index in [1.807, 2.05) is 35.0 Å². The van der Waals surface area contributed by atoms with Crippen LogP contribution in [0.4, 0.5) is 0 Å². The number of ether oxygens (including phenoxy) is 3. The van der Waals surface area contributed by atoms with Crippen LogP contribution in [0, 0.1) is 0 Å². The predicted octanol–water partition coefficient (Wildman–Crippen LogP) is 3.62. The molecular weight excluding hydrogens is 404 g/mol. The number of rotatable bonds is 10. The summed E-state index contributed by atoms with van der Waals surface area (Å²) < 4.78 is 18.2. The summed E-state index contributed by atoms with van der Waals surface area (Å²) in [6.07, 6.45) is 2.86. The van der Waals surface area contributed by atoms with Crippen LogP contribution in [0.15, 0.2) is 60.0 Å². The summed E-state index contributed by atoms with van der Waals surface area (Å²) in [6, 6.07) is 12.6. The number of benzene rings is 2. The molecule has 8 heteroatoms. The maximum absolute atomic E-state index is 11.5. The third kappa shape index (κ3) is 5.34. The van der Waals surface area contributed by atoms with Crippen LogP contribution in [0.3, 0.4) is 0 Å². The zero-order chi connectivity index (χ0) is 21.5. The zero-order valence-electron chi connectivity index (χ0n) is 17.1. The van der Waals surface area contributed by atoms with Gasteiger partial charge in [0, 0.05) is 29.8 Å². The molecule has 1 heterocycles. The number of Topliss-reactive ketones (excluding diaryl/α,β-unsaturated/α-hetero) is 1. The lowest BCUT2D eigenvalue weighted by Gasteiger charge is -2.15. The van der Waals surface area contributed by atoms with E-state index in [1.54, 1.807) is 31.5 Å². The molecule has 0 aliphatic rings. The number of aliphatic hydroxyl groups excluding tert-OH is 1. The summed E-state index contributed by atoms with van der Waals surface area (Å²) in [5, 5.41) is 11.1. The van der Waals surface area contributed by atoms with Crippen molar-refractivity contribution in [2.24, 2.45) is 0 Å². The maximum atomic E-state index is 11.5. The molecule has 3 rings (SSSR count). The Balaban J connectivity index is 1.59. The molecule has 0 amide bonds. The van der Waals surface area contributed by atoms with Gasteiger partial charge in [0.15, 0.2) is 22.4 Å². The van der Waals surface area contributed by atoms with Crippen molar-refractivity contribution in [3.8, 4) is 22.9 Å².